The van der Waals surface area contributed by atoms with Gasteiger partial charge in [0.2, 0.25) is 0 Å². The van der Waals surface area contributed by atoms with Crippen molar-refractivity contribution in [3.8, 4) is 0 Å². The molecule has 0 aromatic carbocycles. The molecule has 0 bridgehead atoms. The third-order valence-corrected chi connectivity index (χ3v) is 2.97. The SMILES string of the molecule is CCCOCCN1CCC(C)(C(=O)O)C1. The molecule has 15 heavy (non-hydrogen) atoms. The smallest absolute Gasteiger partial charge is 0.310 e. The molecule has 1 rings (SSSR count). The number of nitrogens with zero attached hydrogens (tertiary/aromatic N) is 1. The number of aliphatic carboxylic acids is 1. The van der Waals surface area contributed by atoms with Gasteiger partial charge in [-0.25, -0.2) is 0 Å². The topological polar surface area (TPSA) is 49.8 Å². The minimum atomic E-state index is -0.681. The Morgan fingerprint density at radius 3 is 2.80 bits per heavy atom. The fraction of sp³-hybridized carbons (Fsp3) is 0.909. The molecule has 4 heteroatoms. The lowest BCUT2D eigenvalue weighted by molar-refractivity contribution is -0.147. The van der Waals surface area contributed by atoms with Crippen molar-refractivity contribution in [2.24, 2.45) is 5.41 Å². The molecule has 0 spiro atoms. The molecule has 1 fully saturated rings. The zero-order valence-electron chi connectivity index (χ0n) is 9.66. The largest absolute Gasteiger partial charge is 0.481 e. The highest BCUT2D eigenvalue weighted by Crippen LogP contribution is 2.29. The Kier molecular flexibility index (Phi) is 4.54. The second-order valence-electron chi connectivity index (χ2n) is 4.50. The lowest BCUT2D eigenvalue weighted by Crippen LogP contribution is -2.33. The van der Waals surface area contributed by atoms with E-state index in [-0.39, 0.29) is 0 Å². The van der Waals surface area contributed by atoms with Crippen LogP contribution in [-0.4, -0.2) is 48.8 Å². The number of hydrogen-bond acceptors (Lipinski definition) is 3. The molecule has 1 saturated heterocycles. The van der Waals surface area contributed by atoms with Gasteiger partial charge in [0.05, 0.1) is 12.0 Å². The number of ether oxygens (including phenoxy) is 1. The number of rotatable bonds is 6. The van der Waals surface area contributed by atoms with E-state index in [1.165, 1.54) is 0 Å². The summed E-state index contributed by atoms with van der Waals surface area (Å²) in [6, 6.07) is 0. The summed E-state index contributed by atoms with van der Waals surface area (Å²) in [4.78, 5) is 13.2. The van der Waals surface area contributed by atoms with Crippen molar-refractivity contribution in [1.29, 1.82) is 0 Å². The van der Waals surface area contributed by atoms with Crippen LogP contribution in [-0.2, 0) is 9.53 Å². The Hall–Kier alpha value is -0.610. The lowest BCUT2D eigenvalue weighted by Gasteiger charge is -2.19. The van der Waals surface area contributed by atoms with E-state index in [9.17, 15) is 4.79 Å². The summed E-state index contributed by atoms with van der Waals surface area (Å²) >= 11 is 0. The molecule has 1 N–H and O–H groups in total. The zero-order chi connectivity index (χ0) is 11.3. The fourth-order valence-electron chi connectivity index (χ4n) is 1.86. The molecule has 0 aliphatic carbocycles. The maximum Gasteiger partial charge on any atom is 0.310 e. The van der Waals surface area contributed by atoms with Crippen molar-refractivity contribution in [3.05, 3.63) is 0 Å². The highest BCUT2D eigenvalue weighted by Gasteiger charge is 2.39. The minimum absolute atomic E-state index is 0.551. The van der Waals surface area contributed by atoms with E-state index in [2.05, 4.69) is 11.8 Å². The monoisotopic (exact) mass is 215 g/mol. The molecule has 4 nitrogen and oxygen atoms in total. The van der Waals surface area contributed by atoms with Gasteiger partial charge in [-0.3, -0.25) is 9.69 Å². The Labute approximate surface area is 91.2 Å². The van der Waals surface area contributed by atoms with Crippen molar-refractivity contribution in [3.63, 3.8) is 0 Å². The minimum Gasteiger partial charge on any atom is -0.481 e. The van der Waals surface area contributed by atoms with Crippen LogP contribution in [0.15, 0.2) is 0 Å². The third-order valence-electron chi connectivity index (χ3n) is 2.97. The summed E-state index contributed by atoms with van der Waals surface area (Å²) in [5.74, 6) is -0.681. The maximum atomic E-state index is 11.0. The quantitative estimate of drug-likeness (QED) is 0.677. The predicted molar refractivity (Wildman–Crippen MR) is 57.9 cm³/mol. The van der Waals surface area contributed by atoms with Crippen LogP contribution in [0.1, 0.15) is 26.7 Å². The van der Waals surface area contributed by atoms with Crippen LogP contribution in [0.3, 0.4) is 0 Å². The molecule has 0 radical (unpaired) electrons. The van der Waals surface area contributed by atoms with Crippen LogP contribution in [0.5, 0.6) is 0 Å². The number of carbonyl (C=O) groups is 1. The van der Waals surface area contributed by atoms with E-state index in [1.807, 2.05) is 6.92 Å². The summed E-state index contributed by atoms with van der Waals surface area (Å²) in [5.41, 5.74) is -0.551. The van der Waals surface area contributed by atoms with Gasteiger partial charge in [-0.05, 0) is 26.3 Å². The van der Waals surface area contributed by atoms with Gasteiger partial charge in [0.1, 0.15) is 0 Å². The van der Waals surface area contributed by atoms with Crippen molar-refractivity contribution in [1.82, 2.24) is 4.90 Å². The van der Waals surface area contributed by atoms with E-state index >= 15 is 0 Å². The number of likely N-dealkylation sites (tertiary alicyclic amines) is 1. The number of carboxylic acid groups (broad SMARTS) is 1. The molecule has 1 atom stereocenters. The van der Waals surface area contributed by atoms with Crippen molar-refractivity contribution >= 4 is 5.97 Å². The predicted octanol–water partition coefficient (Wildman–Crippen LogP) is 1.21. The van der Waals surface area contributed by atoms with E-state index < -0.39 is 11.4 Å². The van der Waals surface area contributed by atoms with Crippen LogP contribution < -0.4 is 0 Å². The van der Waals surface area contributed by atoms with E-state index in [0.717, 1.165) is 32.5 Å². The van der Waals surface area contributed by atoms with Gasteiger partial charge in [-0.1, -0.05) is 6.92 Å². The molecule has 0 aromatic rings. The second kappa shape index (κ2) is 5.47. The molecular weight excluding hydrogens is 194 g/mol. The molecule has 1 aliphatic heterocycles. The maximum absolute atomic E-state index is 11.0. The molecule has 1 unspecified atom stereocenters. The summed E-state index contributed by atoms with van der Waals surface area (Å²) in [6.07, 6.45) is 1.78. The summed E-state index contributed by atoms with van der Waals surface area (Å²) in [5, 5.41) is 9.04. The Balaban J connectivity index is 2.22. The molecule has 1 heterocycles. The highest BCUT2D eigenvalue weighted by atomic mass is 16.5. The Morgan fingerprint density at radius 2 is 2.27 bits per heavy atom. The zero-order valence-corrected chi connectivity index (χ0v) is 9.66. The molecule has 0 saturated carbocycles. The van der Waals surface area contributed by atoms with E-state index in [0.29, 0.717) is 13.2 Å². The van der Waals surface area contributed by atoms with Crippen molar-refractivity contribution < 1.29 is 14.6 Å². The van der Waals surface area contributed by atoms with Crippen molar-refractivity contribution in [2.45, 2.75) is 26.7 Å². The van der Waals surface area contributed by atoms with Gasteiger partial charge in [0, 0.05) is 19.7 Å². The summed E-state index contributed by atoms with van der Waals surface area (Å²) < 4.78 is 5.38. The molecule has 1 aliphatic rings. The van der Waals surface area contributed by atoms with Gasteiger partial charge in [-0.2, -0.15) is 0 Å². The Bertz CT molecular complexity index is 220. The first-order valence-corrected chi connectivity index (χ1v) is 5.62. The fourth-order valence-corrected chi connectivity index (χ4v) is 1.86. The molecule has 0 amide bonds. The van der Waals surface area contributed by atoms with Crippen LogP contribution >= 0.6 is 0 Å². The number of carboxylic acids is 1. The van der Waals surface area contributed by atoms with Gasteiger partial charge in [0.15, 0.2) is 0 Å². The van der Waals surface area contributed by atoms with Crippen LogP contribution in [0.2, 0.25) is 0 Å². The molecule has 0 aromatic heterocycles. The van der Waals surface area contributed by atoms with E-state index in [4.69, 9.17) is 9.84 Å². The molecular formula is C11H21NO3. The average molecular weight is 215 g/mol. The number of hydrogen-bond donors (Lipinski definition) is 1. The van der Waals surface area contributed by atoms with Gasteiger partial charge in [0.25, 0.3) is 0 Å². The average Bonchev–Trinajstić information content (AvgIpc) is 2.57. The van der Waals surface area contributed by atoms with Crippen LogP contribution in [0, 0.1) is 5.41 Å². The Morgan fingerprint density at radius 1 is 1.53 bits per heavy atom. The normalized spacial score (nSPS) is 27.1. The van der Waals surface area contributed by atoms with Gasteiger partial charge < -0.3 is 9.84 Å². The first-order chi connectivity index (χ1) is 7.08. The van der Waals surface area contributed by atoms with Crippen LogP contribution in [0.4, 0.5) is 0 Å². The van der Waals surface area contributed by atoms with Crippen molar-refractivity contribution in [2.75, 3.05) is 32.8 Å². The highest BCUT2D eigenvalue weighted by molar-refractivity contribution is 5.74. The lowest BCUT2D eigenvalue weighted by atomic mass is 9.90. The third kappa shape index (κ3) is 3.47. The first kappa shape index (κ1) is 12.5. The van der Waals surface area contributed by atoms with Gasteiger partial charge in [-0.15, -0.1) is 0 Å². The second-order valence-corrected chi connectivity index (χ2v) is 4.50. The summed E-state index contributed by atoms with van der Waals surface area (Å²) in [7, 11) is 0. The van der Waals surface area contributed by atoms with Crippen LogP contribution in [0.25, 0.3) is 0 Å². The van der Waals surface area contributed by atoms with Gasteiger partial charge >= 0.3 is 5.97 Å². The summed E-state index contributed by atoms with van der Waals surface area (Å²) in [6.45, 7) is 7.78. The van der Waals surface area contributed by atoms with E-state index in [1.54, 1.807) is 0 Å². The molecule has 88 valence electrons. The standard InChI is InChI=1S/C11H21NO3/c1-3-7-15-8-6-12-5-4-11(2,9-12)10(13)14/h3-9H2,1-2H3,(H,13,14). The first-order valence-electron chi connectivity index (χ1n) is 5.62.